The predicted molar refractivity (Wildman–Crippen MR) is 100 cm³/mol. The van der Waals surface area contributed by atoms with E-state index < -0.39 is 0 Å². The quantitative estimate of drug-likeness (QED) is 0.328. The number of rotatable bonds is 5. The molecule has 0 fully saturated rings. The van der Waals surface area contributed by atoms with Crippen LogP contribution < -0.4 is 4.74 Å². The van der Waals surface area contributed by atoms with E-state index in [2.05, 4.69) is 22.0 Å². The molecule has 2 nitrogen and oxygen atoms in total. The normalized spacial score (nSPS) is 10.0. The minimum absolute atomic E-state index is 0.547. The zero-order valence-electron chi connectivity index (χ0n) is 14.6. The molecule has 0 heterocycles. The molecule has 0 unspecified atom stereocenters. The maximum absolute atomic E-state index is 9.08. The molecule has 0 bridgehead atoms. The first kappa shape index (κ1) is 22.7. The summed E-state index contributed by atoms with van der Waals surface area (Å²) < 4.78 is 5.79. The molecule has 0 N–H and O–H groups in total. The number of nitriles is 1. The SMILES string of the molecule is C/C=C\C(=C/CC)Oc1cc(CBr)ccc1C#N.CC.CC. The Hall–Kier alpha value is -1.53. The largest absolute Gasteiger partial charge is 0.456 e. The van der Waals surface area contributed by atoms with Gasteiger partial charge in [-0.3, -0.25) is 0 Å². The molecule has 3 heteroatoms. The van der Waals surface area contributed by atoms with Crippen molar-refractivity contribution in [1.82, 2.24) is 0 Å². The van der Waals surface area contributed by atoms with Gasteiger partial charge < -0.3 is 4.74 Å². The average molecular weight is 366 g/mol. The second-order valence-corrected chi connectivity index (χ2v) is 4.25. The van der Waals surface area contributed by atoms with Gasteiger partial charge in [-0.15, -0.1) is 0 Å². The highest BCUT2D eigenvalue weighted by Gasteiger charge is 2.06. The van der Waals surface area contributed by atoms with Gasteiger partial charge >= 0.3 is 0 Å². The molecule has 1 rings (SSSR count). The summed E-state index contributed by atoms with van der Waals surface area (Å²) in [6, 6.07) is 7.73. The van der Waals surface area contributed by atoms with Crippen LogP contribution in [0.4, 0.5) is 0 Å². The number of alkyl halides is 1. The van der Waals surface area contributed by atoms with E-state index in [1.54, 1.807) is 6.07 Å². The molecule has 22 heavy (non-hydrogen) atoms. The average Bonchev–Trinajstić information content (AvgIpc) is 2.59. The summed E-state index contributed by atoms with van der Waals surface area (Å²) in [7, 11) is 0. The van der Waals surface area contributed by atoms with E-state index in [1.807, 2.05) is 71.9 Å². The molecule has 0 amide bonds. The molecular weight excluding hydrogens is 338 g/mol. The van der Waals surface area contributed by atoms with E-state index in [1.165, 1.54) is 0 Å². The van der Waals surface area contributed by atoms with E-state index in [0.717, 1.165) is 23.1 Å². The fourth-order valence-electron chi connectivity index (χ4n) is 1.46. The smallest absolute Gasteiger partial charge is 0.145 e. The van der Waals surface area contributed by atoms with Crippen LogP contribution in [0.3, 0.4) is 0 Å². The Morgan fingerprint density at radius 1 is 1.27 bits per heavy atom. The van der Waals surface area contributed by atoms with E-state index >= 15 is 0 Å². The van der Waals surface area contributed by atoms with Gasteiger partial charge in [0, 0.05) is 5.33 Å². The maximum Gasteiger partial charge on any atom is 0.145 e. The van der Waals surface area contributed by atoms with Crippen molar-refractivity contribution in [2.24, 2.45) is 0 Å². The fourth-order valence-corrected chi connectivity index (χ4v) is 1.81. The highest BCUT2D eigenvalue weighted by Crippen LogP contribution is 2.23. The minimum Gasteiger partial charge on any atom is -0.456 e. The molecule has 0 saturated heterocycles. The molecule has 0 aliphatic heterocycles. The van der Waals surface area contributed by atoms with Crippen LogP contribution in [-0.4, -0.2) is 0 Å². The third kappa shape index (κ3) is 8.69. The van der Waals surface area contributed by atoms with Gasteiger partial charge in [0.25, 0.3) is 0 Å². The Kier molecular flexibility index (Phi) is 16.4. The van der Waals surface area contributed by atoms with Crippen molar-refractivity contribution < 1.29 is 4.74 Å². The van der Waals surface area contributed by atoms with E-state index in [-0.39, 0.29) is 0 Å². The highest BCUT2D eigenvalue weighted by molar-refractivity contribution is 9.08. The summed E-state index contributed by atoms with van der Waals surface area (Å²) in [6.07, 6.45) is 6.69. The van der Waals surface area contributed by atoms with E-state index in [0.29, 0.717) is 11.3 Å². The first-order valence-corrected chi connectivity index (χ1v) is 8.97. The lowest BCUT2D eigenvalue weighted by Gasteiger charge is -2.09. The molecule has 0 aromatic heterocycles. The van der Waals surface area contributed by atoms with Gasteiger partial charge in [-0.25, -0.2) is 0 Å². The van der Waals surface area contributed by atoms with Crippen LogP contribution in [-0.2, 0) is 5.33 Å². The third-order valence-electron chi connectivity index (χ3n) is 2.28. The van der Waals surface area contributed by atoms with Crippen molar-refractivity contribution in [3.05, 3.63) is 53.3 Å². The van der Waals surface area contributed by atoms with Gasteiger partial charge in [0.2, 0.25) is 0 Å². The molecule has 0 radical (unpaired) electrons. The Morgan fingerprint density at radius 3 is 2.36 bits per heavy atom. The van der Waals surface area contributed by atoms with Crippen LogP contribution in [0.25, 0.3) is 0 Å². The standard InChI is InChI=1S/C15H16BrNO.2C2H6/c1-3-5-14(6-4-2)18-15-9-12(10-16)7-8-13(15)11-17;2*1-2/h3,5-9H,4,10H2,1-2H3;2*1-2H3/b5-3-,14-6+;;. The summed E-state index contributed by atoms with van der Waals surface area (Å²) in [4.78, 5) is 0. The minimum atomic E-state index is 0.547. The van der Waals surface area contributed by atoms with Gasteiger partial charge in [-0.05, 0) is 43.2 Å². The summed E-state index contributed by atoms with van der Waals surface area (Å²) in [5.74, 6) is 1.37. The van der Waals surface area contributed by atoms with Gasteiger partial charge in [-0.2, -0.15) is 5.26 Å². The van der Waals surface area contributed by atoms with Crippen molar-refractivity contribution >= 4 is 15.9 Å². The summed E-state index contributed by atoms with van der Waals surface area (Å²) in [6.45, 7) is 12.0. The number of ether oxygens (including phenoxy) is 1. The van der Waals surface area contributed by atoms with Crippen LogP contribution in [0.15, 0.2) is 42.2 Å². The van der Waals surface area contributed by atoms with Crippen LogP contribution >= 0.6 is 15.9 Å². The molecule has 0 aliphatic rings. The third-order valence-corrected chi connectivity index (χ3v) is 2.93. The molecule has 1 aromatic carbocycles. The Labute approximate surface area is 144 Å². The van der Waals surface area contributed by atoms with Gasteiger partial charge in [0.15, 0.2) is 0 Å². The monoisotopic (exact) mass is 365 g/mol. The number of allylic oxidation sites excluding steroid dienone is 3. The zero-order valence-corrected chi connectivity index (χ0v) is 16.2. The Balaban J connectivity index is 0. The number of hydrogen-bond donors (Lipinski definition) is 0. The first-order valence-electron chi connectivity index (χ1n) is 7.84. The van der Waals surface area contributed by atoms with Crippen LogP contribution in [0.2, 0.25) is 0 Å². The molecule has 0 atom stereocenters. The maximum atomic E-state index is 9.08. The lowest BCUT2D eigenvalue weighted by atomic mass is 10.1. The molecule has 0 aliphatic carbocycles. The van der Waals surface area contributed by atoms with Crippen molar-refractivity contribution in [3.8, 4) is 11.8 Å². The second-order valence-electron chi connectivity index (χ2n) is 3.69. The molecule has 0 spiro atoms. The number of nitrogens with zero attached hydrogens (tertiary/aromatic N) is 1. The van der Waals surface area contributed by atoms with E-state index in [9.17, 15) is 0 Å². The molecule has 1 aromatic rings. The molecule has 122 valence electrons. The topological polar surface area (TPSA) is 33.0 Å². The van der Waals surface area contributed by atoms with Gasteiger partial charge in [0.1, 0.15) is 17.6 Å². The predicted octanol–water partition coefficient (Wildman–Crippen LogP) is 6.75. The van der Waals surface area contributed by atoms with Gasteiger partial charge in [0.05, 0.1) is 5.56 Å². The lowest BCUT2D eigenvalue weighted by molar-refractivity contribution is 0.440. The highest BCUT2D eigenvalue weighted by atomic mass is 79.9. The molecule has 0 saturated carbocycles. The van der Waals surface area contributed by atoms with Crippen molar-refractivity contribution in [3.63, 3.8) is 0 Å². The summed E-state index contributed by atoms with van der Waals surface area (Å²) in [5, 5.41) is 9.82. The van der Waals surface area contributed by atoms with Crippen LogP contribution in [0, 0.1) is 11.3 Å². The van der Waals surface area contributed by atoms with Crippen molar-refractivity contribution in [2.45, 2.75) is 53.3 Å². The van der Waals surface area contributed by atoms with Crippen LogP contribution in [0.1, 0.15) is 59.1 Å². The fraction of sp³-hybridized carbons (Fsp3) is 0.421. The zero-order chi connectivity index (χ0) is 17.4. The molecular formula is C19H28BrNO. The summed E-state index contributed by atoms with van der Waals surface area (Å²) in [5.41, 5.74) is 1.63. The Bertz CT molecular complexity index is 499. The van der Waals surface area contributed by atoms with Crippen molar-refractivity contribution in [1.29, 1.82) is 5.26 Å². The van der Waals surface area contributed by atoms with E-state index in [4.69, 9.17) is 10.00 Å². The van der Waals surface area contributed by atoms with Crippen LogP contribution in [0.5, 0.6) is 5.75 Å². The Morgan fingerprint density at radius 2 is 1.91 bits per heavy atom. The number of hydrogen-bond acceptors (Lipinski definition) is 2. The number of halogens is 1. The number of benzene rings is 1. The first-order chi connectivity index (χ1) is 10.7. The second kappa shape index (κ2) is 15.9. The lowest BCUT2D eigenvalue weighted by Crippen LogP contribution is -1.96. The summed E-state index contributed by atoms with van der Waals surface area (Å²) >= 11 is 3.40. The van der Waals surface area contributed by atoms with Gasteiger partial charge in [-0.1, -0.05) is 62.7 Å². The van der Waals surface area contributed by atoms with Crippen molar-refractivity contribution in [2.75, 3.05) is 0 Å².